The second-order valence-electron chi connectivity index (χ2n) is 6.05. The number of aromatic nitrogens is 1. The number of pyridine rings is 1. The van der Waals surface area contributed by atoms with Crippen LogP contribution >= 0.6 is 0 Å². The Kier molecular flexibility index (Phi) is 4.53. The largest absolute Gasteiger partial charge is 0.384 e. The highest BCUT2D eigenvalue weighted by atomic mass is 16.5. The minimum Gasteiger partial charge on any atom is -0.384 e. The molecule has 1 saturated carbocycles. The SMILES string of the molecule is COCC1CCCN(c2cccc(CNC3CC3)n2)C1. The molecule has 1 saturated heterocycles. The quantitative estimate of drug-likeness (QED) is 0.863. The predicted octanol–water partition coefficient (Wildman–Crippen LogP) is 2.20. The summed E-state index contributed by atoms with van der Waals surface area (Å²) in [6, 6.07) is 7.12. The van der Waals surface area contributed by atoms with Crippen LogP contribution in [0, 0.1) is 5.92 Å². The first kappa shape index (κ1) is 13.8. The van der Waals surface area contributed by atoms with Crippen molar-refractivity contribution in [1.29, 1.82) is 0 Å². The van der Waals surface area contributed by atoms with Gasteiger partial charge in [-0.15, -0.1) is 0 Å². The number of piperidine rings is 1. The summed E-state index contributed by atoms with van der Waals surface area (Å²) in [6.45, 7) is 3.94. The van der Waals surface area contributed by atoms with Crippen LogP contribution in [0.15, 0.2) is 18.2 Å². The topological polar surface area (TPSA) is 37.4 Å². The molecule has 0 bridgehead atoms. The molecule has 0 spiro atoms. The highest BCUT2D eigenvalue weighted by molar-refractivity contribution is 5.39. The second-order valence-corrected chi connectivity index (χ2v) is 6.05. The van der Waals surface area contributed by atoms with Crippen LogP contribution in [0.2, 0.25) is 0 Å². The van der Waals surface area contributed by atoms with Crippen molar-refractivity contribution >= 4 is 5.82 Å². The van der Waals surface area contributed by atoms with Crippen LogP contribution < -0.4 is 10.2 Å². The molecule has 0 aromatic carbocycles. The molecule has 4 heteroatoms. The third-order valence-electron chi connectivity index (χ3n) is 4.19. The Hall–Kier alpha value is -1.13. The van der Waals surface area contributed by atoms with Gasteiger partial charge in [-0.3, -0.25) is 0 Å². The summed E-state index contributed by atoms with van der Waals surface area (Å²) in [6.07, 6.45) is 5.16. The molecule has 0 amide bonds. The van der Waals surface area contributed by atoms with E-state index in [-0.39, 0.29) is 0 Å². The lowest BCUT2D eigenvalue weighted by atomic mass is 9.99. The minimum atomic E-state index is 0.642. The summed E-state index contributed by atoms with van der Waals surface area (Å²) in [5, 5.41) is 3.53. The maximum atomic E-state index is 5.30. The van der Waals surface area contributed by atoms with Gasteiger partial charge in [-0.1, -0.05) is 6.07 Å². The van der Waals surface area contributed by atoms with E-state index in [4.69, 9.17) is 9.72 Å². The van der Waals surface area contributed by atoms with Crippen LogP contribution in [0.1, 0.15) is 31.4 Å². The molecule has 1 aromatic heterocycles. The van der Waals surface area contributed by atoms with E-state index in [0.29, 0.717) is 5.92 Å². The van der Waals surface area contributed by atoms with E-state index in [1.54, 1.807) is 7.11 Å². The summed E-state index contributed by atoms with van der Waals surface area (Å²) in [5.41, 5.74) is 1.16. The summed E-state index contributed by atoms with van der Waals surface area (Å²) < 4.78 is 5.30. The molecule has 2 heterocycles. The van der Waals surface area contributed by atoms with Gasteiger partial charge in [0.05, 0.1) is 12.3 Å². The first-order chi connectivity index (χ1) is 9.85. The van der Waals surface area contributed by atoms with Gasteiger partial charge in [-0.2, -0.15) is 0 Å². The number of hydrogen-bond acceptors (Lipinski definition) is 4. The molecule has 110 valence electrons. The van der Waals surface area contributed by atoms with Gasteiger partial charge in [-0.25, -0.2) is 4.98 Å². The standard InChI is InChI=1S/C16H25N3O/c1-20-12-13-4-3-9-19(11-13)16-6-2-5-15(18-16)10-17-14-7-8-14/h2,5-6,13-14,17H,3-4,7-12H2,1H3. The molecule has 2 aliphatic rings. The van der Waals surface area contributed by atoms with E-state index in [2.05, 4.69) is 28.4 Å². The number of anilines is 1. The van der Waals surface area contributed by atoms with Crippen LogP contribution in [0.25, 0.3) is 0 Å². The van der Waals surface area contributed by atoms with Crippen molar-refractivity contribution in [3.8, 4) is 0 Å². The summed E-state index contributed by atoms with van der Waals surface area (Å²) in [4.78, 5) is 7.22. The molecule has 0 radical (unpaired) electrons. The average Bonchev–Trinajstić information content (AvgIpc) is 3.30. The molecule has 1 atom stereocenters. The van der Waals surface area contributed by atoms with Crippen molar-refractivity contribution in [2.75, 3.05) is 31.7 Å². The Labute approximate surface area is 121 Å². The van der Waals surface area contributed by atoms with Crippen molar-refractivity contribution in [2.45, 2.75) is 38.3 Å². The van der Waals surface area contributed by atoms with Gasteiger partial charge in [-0.05, 0) is 43.7 Å². The summed E-state index contributed by atoms with van der Waals surface area (Å²) in [7, 11) is 1.79. The Bertz CT molecular complexity index is 431. The number of nitrogens with zero attached hydrogens (tertiary/aromatic N) is 2. The van der Waals surface area contributed by atoms with E-state index < -0.39 is 0 Å². The van der Waals surface area contributed by atoms with Gasteiger partial charge < -0.3 is 15.0 Å². The fraction of sp³-hybridized carbons (Fsp3) is 0.688. The van der Waals surface area contributed by atoms with Crippen molar-refractivity contribution in [2.24, 2.45) is 5.92 Å². The van der Waals surface area contributed by atoms with Gasteiger partial charge in [0, 0.05) is 32.8 Å². The van der Waals surface area contributed by atoms with Gasteiger partial charge in [0.2, 0.25) is 0 Å². The number of ether oxygens (including phenoxy) is 1. The fourth-order valence-electron chi connectivity index (χ4n) is 2.92. The lowest BCUT2D eigenvalue weighted by molar-refractivity contribution is 0.143. The first-order valence-corrected chi connectivity index (χ1v) is 7.78. The number of rotatable bonds is 6. The van der Waals surface area contributed by atoms with Crippen molar-refractivity contribution in [3.63, 3.8) is 0 Å². The van der Waals surface area contributed by atoms with E-state index in [0.717, 1.165) is 43.8 Å². The minimum absolute atomic E-state index is 0.642. The molecule has 20 heavy (non-hydrogen) atoms. The summed E-state index contributed by atoms with van der Waals surface area (Å²) >= 11 is 0. The van der Waals surface area contributed by atoms with E-state index in [1.165, 1.54) is 25.7 Å². The van der Waals surface area contributed by atoms with Crippen molar-refractivity contribution in [3.05, 3.63) is 23.9 Å². The van der Waals surface area contributed by atoms with Gasteiger partial charge >= 0.3 is 0 Å². The predicted molar refractivity (Wildman–Crippen MR) is 80.9 cm³/mol. The maximum Gasteiger partial charge on any atom is 0.128 e. The van der Waals surface area contributed by atoms with Crippen LogP contribution in [0.5, 0.6) is 0 Å². The van der Waals surface area contributed by atoms with Gasteiger partial charge in [0.1, 0.15) is 5.82 Å². The van der Waals surface area contributed by atoms with Crippen LogP contribution in [0.3, 0.4) is 0 Å². The van der Waals surface area contributed by atoms with E-state index in [1.807, 2.05) is 0 Å². The number of nitrogens with one attached hydrogen (secondary N) is 1. The van der Waals surface area contributed by atoms with E-state index in [9.17, 15) is 0 Å². The summed E-state index contributed by atoms with van der Waals surface area (Å²) in [5.74, 6) is 1.77. The number of hydrogen-bond donors (Lipinski definition) is 1. The lowest BCUT2D eigenvalue weighted by Gasteiger charge is -2.33. The molecular formula is C16H25N3O. The van der Waals surface area contributed by atoms with Crippen LogP contribution in [-0.4, -0.2) is 37.8 Å². The molecule has 1 aliphatic heterocycles. The normalized spacial score (nSPS) is 23.1. The zero-order valence-electron chi connectivity index (χ0n) is 12.3. The van der Waals surface area contributed by atoms with Gasteiger partial charge in [0.25, 0.3) is 0 Å². The highest BCUT2D eigenvalue weighted by Gasteiger charge is 2.22. The van der Waals surface area contributed by atoms with Crippen LogP contribution in [-0.2, 0) is 11.3 Å². The smallest absolute Gasteiger partial charge is 0.128 e. The zero-order chi connectivity index (χ0) is 13.8. The third kappa shape index (κ3) is 3.70. The molecule has 1 aromatic rings. The Morgan fingerprint density at radius 1 is 1.35 bits per heavy atom. The molecule has 4 nitrogen and oxygen atoms in total. The van der Waals surface area contributed by atoms with Gasteiger partial charge in [0.15, 0.2) is 0 Å². The molecular weight excluding hydrogens is 250 g/mol. The molecule has 3 rings (SSSR count). The Morgan fingerprint density at radius 3 is 3.05 bits per heavy atom. The fourth-order valence-corrected chi connectivity index (χ4v) is 2.92. The van der Waals surface area contributed by atoms with E-state index >= 15 is 0 Å². The highest BCUT2D eigenvalue weighted by Crippen LogP contribution is 2.23. The third-order valence-corrected chi connectivity index (χ3v) is 4.19. The lowest BCUT2D eigenvalue weighted by Crippen LogP contribution is -2.37. The molecule has 1 N–H and O–H groups in total. The first-order valence-electron chi connectivity index (χ1n) is 7.78. The maximum absolute atomic E-state index is 5.30. The molecule has 1 unspecified atom stereocenters. The second kappa shape index (κ2) is 6.55. The Balaban J connectivity index is 1.61. The monoisotopic (exact) mass is 275 g/mol. The van der Waals surface area contributed by atoms with Crippen LogP contribution in [0.4, 0.5) is 5.82 Å². The Morgan fingerprint density at radius 2 is 2.25 bits per heavy atom. The number of methoxy groups -OCH3 is 1. The molecule has 2 fully saturated rings. The van der Waals surface area contributed by atoms with Crippen molar-refractivity contribution < 1.29 is 4.74 Å². The molecule has 1 aliphatic carbocycles. The van der Waals surface area contributed by atoms with Crippen molar-refractivity contribution in [1.82, 2.24) is 10.3 Å². The average molecular weight is 275 g/mol. The zero-order valence-corrected chi connectivity index (χ0v) is 12.3.